The zero-order chi connectivity index (χ0) is 19.0. The summed E-state index contributed by atoms with van der Waals surface area (Å²) >= 11 is 0. The molecule has 0 aliphatic heterocycles. The number of nitrogens with zero attached hydrogens (tertiary/aromatic N) is 3. The van der Waals surface area contributed by atoms with Crippen molar-refractivity contribution in [3.63, 3.8) is 0 Å². The van der Waals surface area contributed by atoms with Crippen molar-refractivity contribution in [2.45, 2.75) is 6.54 Å². The number of nitro groups is 1. The minimum Gasteiger partial charge on any atom is -0.310 e. The molecule has 0 aliphatic rings. The third-order valence-electron chi connectivity index (χ3n) is 4.34. The van der Waals surface area contributed by atoms with Crippen LogP contribution in [0.1, 0.15) is 5.56 Å². The molecule has 4 aromatic rings. The smallest absolute Gasteiger partial charge is 0.274 e. The molecular formula is C19H13FN4O3. The van der Waals surface area contributed by atoms with Crippen LogP contribution in [0.2, 0.25) is 0 Å². The number of aromatic amines is 1. The number of aromatic nitrogens is 3. The average Bonchev–Trinajstić information content (AvgIpc) is 3.11. The fourth-order valence-electron chi connectivity index (χ4n) is 2.98. The van der Waals surface area contributed by atoms with Crippen LogP contribution in [-0.4, -0.2) is 19.7 Å². The van der Waals surface area contributed by atoms with Crippen LogP contribution >= 0.6 is 0 Å². The van der Waals surface area contributed by atoms with Crippen molar-refractivity contribution in [1.82, 2.24) is 14.8 Å². The summed E-state index contributed by atoms with van der Waals surface area (Å²) in [5, 5.41) is 19.0. The maximum absolute atomic E-state index is 13.6. The Morgan fingerprint density at radius 1 is 1.11 bits per heavy atom. The largest absolute Gasteiger partial charge is 0.310 e. The summed E-state index contributed by atoms with van der Waals surface area (Å²) in [5.41, 5.74) is 2.03. The van der Waals surface area contributed by atoms with Crippen molar-refractivity contribution >= 4 is 16.6 Å². The van der Waals surface area contributed by atoms with Gasteiger partial charge in [0.15, 0.2) is 0 Å². The first-order valence-electron chi connectivity index (χ1n) is 8.08. The van der Waals surface area contributed by atoms with E-state index >= 15 is 0 Å². The highest BCUT2D eigenvalue weighted by Gasteiger charge is 2.15. The second-order valence-corrected chi connectivity index (χ2v) is 6.09. The topological polar surface area (TPSA) is 93.8 Å². The number of rotatable bonds is 4. The average molecular weight is 364 g/mol. The third-order valence-corrected chi connectivity index (χ3v) is 4.34. The lowest BCUT2D eigenvalue weighted by molar-refractivity contribution is -0.385. The monoisotopic (exact) mass is 364 g/mol. The first kappa shape index (κ1) is 16.6. The Morgan fingerprint density at radius 3 is 2.74 bits per heavy atom. The van der Waals surface area contributed by atoms with E-state index in [9.17, 15) is 19.3 Å². The molecule has 2 aromatic heterocycles. The maximum atomic E-state index is 13.6. The van der Waals surface area contributed by atoms with Crippen LogP contribution in [0.25, 0.3) is 22.0 Å². The van der Waals surface area contributed by atoms with Crippen molar-refractivity contribution in [3.05, 3.63) is 92.8 Å². The second kappa shape index (κ2) is 6.49. The molecule has 0 saturated heterocycles. The lowest BCUT2D eigenvalue weighted by Gasteiger charge is -2.09. The number of nitrogens with one attached hydrogen (secondary N) is 1. The van der Waals surface area contributed by atoms with Gasteiger partial charge in [0.25, 0.3) is 11.2 Å². The van der Waals surface area contributed by atoms with Crippen LogP contribution in [0.15, 0.2) is 65.7 Å². The highest BCUT2D eigenvalue weighted by atomic mass is 19.1. The number of nitro benzene ring substituents is 1. The summed E-state index contributed by atoms with van der Waals surface area (Å²) in [7, 11) is 0. The predicted octanol–water partition coefficient (Wildman–Crippen LogP) is 3.49. The Kier molecular flexibility index (Phi) is 4.00. The lowest BCUT2D eigenvalue weighted by Crippen LogP contribution is -2.19. The highest BCUT2D eigenvalue weighted by Crippen LogP contribution is 2.24. The Hall–Kier alpha value is -3.81. The van der Waals surface area contributed by atoms with Crippen molar-refractivity contribution < 1.29 is 9.31 Å². The molecule has 0 amide bonds. The number of benzene rings is 2. The summed E-state index contributed by atoms with van der Waals surface area (Å²) in [6.07, 6.45) is 3.32. The number of fused-ring (bicyclic) bond motifs is 1. The Labute approximate surface area is 151 Å². The third kappa shape index (κ3) is 3.20. The van der Waals surface area contributed by atoms with E-state index in [0.717, 1.165) is 40.2 Å². The molecule has 134 valence electrons. The molecule has 0 saturated carbocycles. The van der Waals surface area contributed by atoms with Gasteiger partial charge in [0.05, 0.1) is 28.7 Å². The lowest BCUT2D eigenvalue weighted by atomic mass is 10.1. The second-order valence-electron chi connectivity index (χ2n) is 6.09. The summed E-state index contributed by atoms with van der Waals surface area (Å²) < 4.78 is 14.9. The van der Waals surface area contributed by atoms with E-state index < -0.39 is 10.7 Å². The molecule has 2 heterocycles. The van der Waals surface area contributed by atoms with Crippen LogP contribution in [0.5, 0.6) is 0 Å². The highest BCUT2D eigenvalue weighted by molar-refractivity contribution is 5.83. The minimum absolute atomic E-state index is 0.104. The summed E-state index contributed by atoms with van der Waals surface area (Å²) in [4.78, 5) is 22.8. The first-order valence-corrected chi connectivity index (χ1v) is 8.08. The van der Waals surface area contributed by atoms with Crippen LogP contribution in [0.3, 0.4) is 0 Å². The van der Waals surface area contributed by atoms with Gasteiger partial charge in [-0.05, 0) is 35.4 Å². The molecule has 7 nitrogen and oxygen atoms in total. The molecule has 0 spiro atoms. The molecule has 1 N–H and O–H groups in total. The standard InChI is InChI=1S/C19H13FN4O3/c20-16-4-5-18(24(26)27)15(7-16)11-23-10-14(3-6-19(23)25)12-1-2-13-9-21-22-17(13)8-12/h1-10H,11H2,(H,21,22). The van der Waals surface area contributed by atoms with Crippen LogP contribution in [0, 0.1) is 15.9 Å². The van der Waals surface area contributed by atoms with Gasteiger partial charge in [-0.3, -0.25) is 20.0 Å². The van der Waals surface area contributed by atoms with Gasteiger partial charge in [-0.25, -0.2) is 4.39 Å². The van der Waals surface area contributed by atoms with E-state index in [4.69, 9.17) is 0 Å². The van der Waals surface area contributed by atoms with E-state index in [1.165, 1.54) is 10.6 Å². The first-order chi connectivity index (χ1) is 13.0. The molecule has 0 aliphatic carbocycles. The fourth-order valence-corrected chi connectivity index (χ4v) is 2.98. The van der Waals surface area contributed by atoms with E-state index in [2.05, 4.69) is 10.2 Å². The molecule has 27 heavy (non-hydrogen) atoms. The quantitative estimate of drug-likeness (QED) is 0.443. The van der Waals surface area contributed by atoms with Gasteiger partial charge in [0, 0.05) is 23.7 Å². The van der Waals surface area contributed by atoms with Gasteiger partial charge in [0.2, 0.25) is 0 Å². The number of halogens is 1. The molecule has 4 rings (SSSR count). The van der Waals surface area contributed by atoms with Gasteiger partial charge in [-0.1, -0.05) is 12.1 Å². The van der Waals surface area contributed by atoms with Gasteiger partial charge in [-0.15, -0.1) is 0 Å². The van der Waals surface area contributed by atoms with Crippen molar-refractivity contribution in [2.75, 3.05) is 0 Å². The number of H-pyrrole nitrogens is 1. The van der Waals surface area contributed by atoms with Crippen molar-refractivity contribution in [3.8, 4) is 11.1 Å². The van der Waals surface area contributed by atoms with Crippen LogP contribution in [-0.2, 0) is 6.54 Å². The number of hydrogen-bond donors (Lipinski definition) is 1. The van der Waals surface area contributed by atoms with Crippen molar-refractivity contribution in [1.29, 1.82) is 0 Å². The summed E-state index contributed by atoms with van der Waals surface area (Å²) in [6, 6.07) is 12.0. The molecular weight excluding hydrogens is 351 g/mol. The van der Waals surface area contributed by atoms with E-state index in [1.54, 1.807) is 18.5 Å². The Balaban J connectivity index is 1.76. The SMILES string of the molecule is O=c1ccc(-c2ccc3cn[nH]c3c2)cn1Cc1cc(F)ccc1[N+](=O)[O-]. The normalized spacial score (nSPS) is 11.0. The minimum atomic E-state index is -0.593. The van der Waals surface area contributed by atoms with Crippen molar-refractivity contribution in [2.24, 2.45) is 0 Å². The molecule has 0 fully saturated rings. The van der Waals surface area contributed by atoms with E-state index in [0.29, 0.717) is 0 Å². The van der Waals surface area contributed by atoms with Gasteiger partial charge < -0.3 is 4.57 Å². The van der Waals surface area contributed by atoms with Gasteiger partial charge >= 0.3 is 0 Å². The van der Waals surface area contributed by atoms with Gasteiger partial charge in [-0.2, -0.15) is 5.10 Å². The maximum Gasteiger partial charge on any atom is 0.274 e. The molecule has 0 bridgehead atoms. The zero-order valence-electron chi connectivity index (χ0n) is 13.9. The van der Waals surface area contributed by atoms with Crippen LogP contribution in [0.4, 0.5) is 10.1 Å². The van der Waals surface area contributed by atoms with E-state index in [-0.39, 0.29) is 23.4 Å². The van der Waals surface area contributed by atoms with E-state index in [1.807, 2.05) is 18.2 Å². The fraction of sp³-hybridized carbons (Fsp3) is 0.0526. The number of hydrogen-bond acceptors (Lipinski definition) is 4. The summed E-state index contributed by atoms with van der Waals surface area (Å²) in [6.45, 7) is -0.104. The molecule has 0 unspecified atom stereocenters. The predicted molar refractivity (Wildman–Crippen MR) is 97.9 cm³/mol. The molecule has 0 radical (unpaired) electrons. The van der Waals surface area contributed by atoms with Gasteiger partial charge in [0.1, 0.15) is 5.82 Å². The molecule has 8 heteroatoms. The Bertz CT molecular complexity index is 1230. The summed E-state index contributed by atoms with van der Waals surface area (Å²) in [5.74, 6) is -0.593. The number of pyridine rings is 1. The zero-order valence-corrected chi connectivity index (χ0v) is 13.9. The van der Waals surface area contributed by atoms with Crippen LogP contribution < -0.4 is 5.56 Å². The molecule has 2 aromatic carbocycles. The molecule has 0 atom stereocenters. The Morgan fingerprint density at radius 2 is 1.93 bits per heavy atom.